The molecule has 9 heteroatoms. The first-order valence-electron chi connectivity index (χ1n) is 12.3. The number of rotatable bonds is 7. The van der Waals surface area contributed by atoms with Crippen LogP contribution < -0.4 is 0 Å². The summed E-state index contributed by atoms with van der Waals surface area (Å²) in [4.78, 5) is 28.5. The van der Waals surface area contributed by atoms with E-state index in [-0.39, 0.29) is 28.5 Å². The fraction of sp³-hybridized carbons (Fsp3) is 0.172. The highest BCUT2D eigenvalue weighted by molar-refractivity contribution is 5.94. The Kier molecular flexibility index (Phi) is 7.37. The van der Waals surface area contributed by atoms with Gasteiger partial charge in [0.15, 0.2) is 0 Å². The van der Waals surface area contributed by atoms with Crippen molar-refractivity contribution in [2.24, 2.45) is 0 Å². The van der Waals surface area contributed by atoms with E-state index in [0.717, 1.165) is 12.1 Å². The first-order valence-corrected chi connectivity index (χ1v) is 12.3. The highest BCUT2D eigenvalue weighted by atomic mass is 19.1. The molecule has 0 bridgehead atoms. The standard InChI is InChI=1S/C29H26FN5O3/c30-26-14-5-4-13-25(26)27-21-28(34(31-27)23-11-6-12-24(20-23)35(37)38)29(36)33-18-16-32(17-19-33)15-7-10-22-8-2-1-3-9-22/h1-14,20-21H,15-19H2. The largest absolute Gasteiger partial charge is 0.335 e. The summed E-state index contributed by atoms with van der Waals surface area (Å²) >= 11 is 0. The third-order valence-electron chi connectivity index (χ3n) is 6.50. The molecule has 1 aromatic heterocycles. The lowest BCUT2D eigenvalue weighted by molar-refractivity contribution is -0.384. The molecule has 8 nitrogen and oxygen atoms in total. The van der Waals surface area contributed by atoms with Crippen LogP contribution in [0.4, 0.5) is 10.1 Å². The number of halogens is 1. The van der Waals surface area contributed by atoms with E-state index in [0.29, 0.717) is 31.9 Å². The molecule has 1 amide bonds. The maximum atomic E-state index is 14.6. The van der Waals surface area contributed by atoms with Gasteiger partial charge in [0, 0.05) is 50.4 Å². The van der Waals surface area contributed by atoms with E-state index in [9.17, 15) is 19.3 Å². The smallest absolute Gasteiger partial charge is 0.272 e. The molecule has 0 spiro atoms. The summed E-state index contributed by atoms with van der Waals surface area (Å²) in [6, 6.07) is 23.7. The van der Waals surface area contributed by atoms with Crippen LogP contribution in [0.3, 0.4) is 0 Å². The Balaban J connectivity index is 1.37. The zero-order valence-electron chi connectivity index (χ0n) is 20.6. The number of hydrogen-bond acceptors (Lipinski definition) is 5. The summed E-state index contributed by atoms with van der Waals surface area (Å²) in [6.45, 7) is 3.23. The van der Waals surface area contributed by atoms with Crippen LogP contribution in [-0.2, 0) is 0 Å². The van der Waals surface area contributed by atoms with Gasteiger partial charge in [-0.25, -0.2) is 9.07 Å². The van der Waals surface area contributed by atoms with E-state index < -0.39 is 10.7 Å². The molecule has 0 saturated carbocycles. The first-order chi connectivity index (χ1) is 18.5. The number of benzene rings is 3. The molecule has 1 aliphatic heterocycles. The number of hydrogen-bond donors (Lipinski definition) is 0. The van der Waals surface area contributed by atoms with Crippen LogP contribution in [0.5, 0.6) is 0 Å². The Morgan fingerprint density at radius 1 is 0.947 bits per heavy atom. The molecule has 5 rings (SSSR count). The Labute approximate surface area is 219 Å². The van der Waals surface area contributed by atoms with Crippen LogP contribution in [-0.4, -0.2) is 63.1 Å². The Morgan fingerprint density at radius 3 is 2.42 bits per heavy atom. The molecule has 2 heterocycles. The van der Waals surface area contributed by atoms with Crippen molar-refractivity contribution < 1.29 is 14.1 Å². The van der Waals surface area contributed by atoms with Gasteiger partial charge < -0.3 is 4.90 Å². The number of nitro benzene ring substituents is 1. The van der Waals surface area contributed by atoms with E-state index >= 15 is 0 Å². The fourth-order valence-corrected chi connectivity index (χ4v) is 4.47. The second-order valence-corrected chi connectivity index (χ2v) is 8.99. The monoisotopic (exact) mass is 511 g/mol. The van der Waals surface area contributed by atoms with E-state index in [1.165, 1.54) is 28.9 Å². The van der Waals surface area contributed by atoms with Gasteiger partial charge in [0.1, 0.15) is 11.5 Å². The second-order valence-electron chi connectivity index (χ2n) is 8.99. The van der Waals surface area contributed by atoms with Gasteiger partial charge >= 0.3 is 0 Å². The molecule has 192 valence electrons. The van der Waals surface area contributed by atoms with Gasteiger partial charge in [-0.1, -0.05) is 60.7 Å². The van der Waals surface area contributed by atoms with Crippen LogP contribution in [0.1, 0.15) is 16.1 Å². The van der Waals surface area contributed by atoms with E-state index in [2.05, 4.69) is 22.2 Å². The van der Waals surface area contributed by atoms with Gasteiger partial charge in [-0.3, -0.25) is 19.8 Å². The van der Waals surface area contributed by atoms with E-state index in [1.54, 1.807) is 35.2 Å². The number of nitro groups is 1. The summed E-state index contributed by atoms with van der Waals surface area (Å²) in [5, 5.41) is 15.8. The molecule has 1 saturated heterocycles. The zero-order valence-corrected chi connectivity index (χ0v) is 20.6. The molecular formula is C29H26FN5O3. The third kappa shape index (κ3) is 5.52. The summed E-state index contributed by atoms with van der Waals surface area (Å²) in [5.74, 6) is -0.724. The summed E-state index contributed by atoms with van der Waals surface area (Å²) in [7, 11) is 0. The average Bonchev–Trinajstić information content (AvgIpc) is 3.39. The molecule has 0 unspecified atom stereocenters. The number of carbonyl (C=O) groups is 1. The third-order valence-corrected chi connectivity index (χ3v) is 6.50. The van der Waals surface area contributed by atoms with Gasteiger partial charge in [0.25, 0.3) is 11.6 Å². The first kappa shape index (κ1) is 25.0. The van der Waals surface area contributed by atoms with Crippen molar-refractivity contribution in [2.75, 3.05) is 32.7 Å². The molecule has 0 atom stereocenters. The van der Waals surface area contributed by atoms with Gasteiger partial charge in [0.05, 0.1) is 16.3 Å². The van der Waals surface area contributed by atoms with Crippen molar-refractivity contribution >= 4 is 17.7 Å². The number of aromatic nitrogens is 2. The van der Waals surface area contributed by atoms with Gasteiger partial charge in [-0.2, -0.15) is 5.10 Å². The maximum absolute atomic E-state index is 14.6. The van der Waals surface area contributed by atoms with Gasteiger partial charge in [-0.05, 0) is 29.8 Å². The van der Waals surface area contributed by atoms with Gasteiger partial charge in [-0.15, -0.1) is 0 Å². The van der Waals surface area contributed by atoms with Gasteiger partial charge in [0.2, 0.25) is 0 Å². The van der Waals surface area contributed by atoms with Crippen LogP contribution >= 0.6 is 0 Å². The lowest BCUT2D eigenvalue weighted by Gasteiger charge is -2.34. The molecule has 3 aromatic carbocycles. The molecule has 1 aliphatic rings. The maximum Gasteiger partial charge on any atom is 0.272 e. The molecule has 0 N–H and O–H groups in total. The predicted molar refractivity (Wildman–Crippen MR) is 143 cm³/mol. The fourth-order valence-electron chi connectivity index (χ4n) is 4.47. The van der Waals surface area contributed by atoms with E-state index in [4.69, 9.17) is 0 Å². The normalized spacial score (nSPS) is 14.2. The SMILES string of the molecule is O=C(c1cc(-c2ccccc2F)nn1-c1cccc([N+](=O)[O-])c1)N1CCN(CC=Cc2ccccc2)CC1. The van der Waals surface area contributed by atoms with Crippen LogP contribution in [0.2, 0.25) is 0 Å². The Hall–Kier alpha value is -4.63. The minimum atomic E-state index is -0.502. The molecule has 4 aromatic rings. The highest BCUT2D eigenvalue weighted by Crippen LogP contribution is 2.26. The number of non-ortho nitro benzene ring substituents is 1. The number of amides is 1. The lowest BCUT2D eigenvalue weighted by atomic mass is 10.1. The molecular weight excluding hydrogens is 485 g/mol. The minimum absolute atomic E-state index is 0.124. The predicted octanol–water partition coefficient (Wildman–Crippen LogP) is 5.06. The Bertz CT molecular complexity index is 1480. The second kappa shape index (κ2) is 11.2. The Morgan fingerprint density at radius 2 is 1.68 bits per heavy atom. The van der Waals surface area contributed by atoms with Crippen LogP contribution in [0.25, 0.3) is 23.0 Å². The van der Waals surface area contributed by atoms with Crippen molar-refractivity contribution in [3.63, 3.8) is 0 Å². The summed E-state index contributed by atoms with van der Waals surface area (Å²) in [6.07, 6.45) is 4.20. The lowest BCUT2D eigenvalue weighted by Crippen LogP contribution is -2.49. The van der Waals surface area contributed by atoms with Crippen molar-refractivity contribution in [3.05, 3.63) is 118 Å². The molecule has 38 heavy (non-hydrogen) atoms. The summed E-state index contributed by atoms with van der Waals surface area (Å²) in [5.41, 5.74) is 2.13. The van der Waals surface area contributed by atoms with Crippen molar-refractivity contribution in [1.29, 1.82) is 0 Å². The zero-order chi connectivity index (χ0) is 26.5. The number of carbonyl (C=O) groups excluding carboxylic acids is 1. The topological polar surface area (TPSA) is 84.5 Å². The average molecular weight is 512 g/mol. The quantitative estimate of drug-likeness (QED) is 0.256. The number of piperazine rings is 1. The highest BCUT2D eigenvalue weighted by Gasteiger charge is 2.27. The molecule has 1 fully saturated rings. The van der Waals surface area contributed by atoms with Crippen LogP contribution in [0, 0.1) is 15.9 Å². The van der Waals surface area contributed by atoms with Crippen LogP contribution in [0.15, 0.2) is 91.0 Å². The molecule has 0 aliphatic carbocycles. The van der Waals surface area contributed by atoms with Crippen molar-refractivity contribution in [1.82, 2.24) is 19.6 Å². The number of nitrogens with zero attached hydrogens (tertiary/aromatic N) is 5. The summed E-state index contributed by atoms with van der Waals surface area (Å²) < 4.78 is 15.9. The molecule has 0 radical (unpaired) electrons. The minimum Gasteiger partial charge on any atom is -0.335 e. The van der Waals surface area contributed by atoms with Crippen molar-refractivity contribution in [2.45, 2.75) is 0 Å². The van der Waals surface area contributed by atoms with Crippen molar-refractivity contribution in [3.8, 4) is 16.9 Å². The van der Waals surface area contributed by atoms with E-state index in [1.807, 2.05) is 30.3 Å².